The molecule has 1 atom stereocenters. The van der Waals surface area contributed by atoms with E-state index < -0.39 is 22.0 Å². The third-order valence-corrected chi connectivity index (χ3v) is 6.04. The highest BCUT2D eigenvalue weighted by molar-refractivity contribution is 7.89. The van der Waals surface area contributed by atoms with E-state index in [1.165, 1.54) is 17.5 Å². The maximum Gasteiger partial charge on any atom is 0.305 e. The van der Waals surface area contributed by atoms with Gasteiger partial charge in [0.25, 0.3) is 0 Å². The minimum atomic E-state index is -3.80. The van der Waals surface area contributed by atoms with Gasteiger partial charge in [-0.15, -0.1) is 11.3 Å². The fraction of sp³-hybridized carbons (Fsp3) is 0.286. The summed E-state index contributed by atoms with van der Waals surface area (Å²) >= 11 is 1.35. The van der Waals surface area contributed by atoms with E-state index in [-0.39, 0.29) is 11.3 Å². The highest BCUT2D eigenvalue weighted by Gasteiger charge is 2.27. The first-order chi connectivity index (χ1) is 10.3. The second-order valence-corrected chi connectivity index (χ2v) is 7.60. The summed E-state index contributed by atoms with van der Waals surface area (Å²) in [6.45, 7) is 3.44. The predicted molar refractivity (Wildman–Crippen MR) is 83.3 cm³/mol. The highest BCUT2D eigenvalue weighted by atomic mass is 32.2. The highest BCUT2D eigenvalue weighted by Crippen LogP contribution is 2.28. The Labute approximate surface area is 132 Å². The largest absolute Gasteiger partial charge is 0.481 e. The first-order valence-electron chi connectivity index (χ1n) is 6.50. The number of pyridine rings is 1. The molecule has 0 aliphatic rings. The number of sulfonamides is 1. The molecule has 2 aromatic heterocycles. The minimum absolute atomic E-state index is 0.219. The Morgan fingerprint density at radius 3 is 2.68 bits per heavy atom. The fourth-order valence-electron chi connectivity index (χ4n) is 2.19. The van der Waals surface area contributed by atoms with Gasteiger partial charge in [0.05, 0.1) is 17.4 Å². The van der Waals surface area contributed by atoms with Crippen molar-refractivity contribution in [1.82, 2.24) is 9.71 Å². The number of thiophene rings is 1. The van der Waals surface area contributed by atoms with E-state index in [0.29, 0.717) is 16.0 Å². The summed E-state index contributed by atoms with van der Waals surface area (Å²) in [6.07, 6.45) is 2.65. The van der Waals surface area contributed by atoms with E-state index in [0.717, 1.165) is 0 Å². The molecule has 0 bridgehead atoms. The lowest BCUT2D eigenvalue weighted by molar-refractivity contribution is -0.137. The molecular formula is C14H16N2O4S2. The molecule has 0 unspecified atom stereocenters. The van der Waals surface area contributed by atoms with E-state index in [9.17, 15) is 13.2 Å². The lowest BCUT2D eigenvalue weighted by Gasteiger charge is -2.17. The molecule has 118 valence electrons. The molecule has 0 amide bonds. The van der Waals surface area contributed by atoms with Crippen molar-refractivity contribution in [1.29, 1.82) is 0 Å². The summed E-state index contributed by atoms with van der Waals surface area (Å²) in [5, 5.41) is 10.8. The monoisotopic (exact) mass is 340 g/mol. The number of aromatic nitrogens is 1. The fourth-order valence-corrected chi connectivity index (χ4v) is 5.05. The van der Waals surface area contributed by atoms with Crippen molar-refractivity contribution < 1.29 is 18.3 Å². The Hall–Kier alpha value is -1.77. The third kappa shape index (κ3) is 3.70. The smallest absolute Gasteiger partial charge is 0.305 e. The van der Waals surface area contributed by atoms with Crippen molar-refractivity contribution in [2.45, 2.75) is 31.2 Å². The van der Waals surface area contributed by atoms with E-state index in [2.05, 4.69) is 9.71 Å². The number of hydrogen-bond donors (Lipinski definition) is 2. The molecular weight excluding hydrogens is 324 g/mol. The number of nitrogens with one attached hydrogen (secondary N) is 1. The molecule has 0 aliphatic carbocycles. The van der Waals surface area contributed by atoms with Gasteiger partial charge >= 0.3 is 5.97 Å². The van der Waals surface area contributed by atoms with Gasteiger partial charge in [0.2, 0.25) is 10.0 Å². The van der Waals surface area contributed by atoms with Crippen LogP contribution in [0.25, 0.3) is 0 Å². The van der Waals surface area contributed by atoms with Crippen LogP contribution in [0.4, 0.5) is 0 Å². The maximum absolute atomic E-state index is 12.6. The number of carboxylic acid groups (broad SMARTS) is 1. The Bertz CT molecular complexity index is 750. The van der Waals surface area contributed by atoms with Gasteiger partial charge in [0.1, 0.15) is 0 Å². The first-order valence-corrected chi connectivity index (χ1v) is 8.86. The maximum atomic E-state index is 12.6. The van der Waals surface area contributed by atoms with Gasteiger partial charge in [-0.05, 0) is 36.4 Å². The SMILES string of the molecule is Cc1csc(C)c1S(=O)(=O)N[C@H](CC(=O)O)c1cccnc1. The quantitative estimate of drug-likeness (QED) is 0.841. The average molecular weight is 340 g/mol. The summed E-state index contributed by atoms with van der Waals surface area (Å²) < 4.78 is 27.6. The second kappa shape index (κ2) is 6.55. The van der Waals surface area contributed by atoms with Gasteiger partial charge in [-0.25, -0.2) is 13.1 Å². The third-order valence-electron chi connectivity index (χ3n) is 3.12. The van der Waals surface area contributed by atoms with Crippen LogP contribution in [0.15, 0.2) is 34.8 Å². The van der Waals surface area contributed by atoms with Crippen LogP contribution in [0.2, 0.25) is 0 Å². The van der Waals surface area contributed by atoms with Crippen LogP contribution < -0.4 is 4.72 Å². The molecule has 2 rings (SSSR count). The zero-order valence-electron chi connectivity index (χ0n) is 12.1. The van der Waals surface area contributed by atoms with E-state index in [1.54, 1.807) is 37.6 Å². The van der Waals surface area contributed by atoms with Gasteiger partial charge < -0.3 is 5.11 Å². The Balaban J connectivity index is 2.37. The molecule has 2 aromatic rings. The standard InChI is InChI=1S/C14H16N2O4S2/c1-9-8-21-10(2)14(9)22(19,20)16-12(6-13(17)18)11-4-3-5-15-7-11/h3-5,7-8,12,16H,6H2,1-2H3,(H,17,18)/t12-/m1/s1. The van der Waals surface area contributed by atoms with Crippen molar-refractivity contribution >= 4 is 27.3 Å². The van der Waals surface area contributed by atoms with Crippen LogP contribution in [0.5, 0.6) is 0 Å². The molecule has 0 aliphatic heterocycles. The van der Waals surface area contributed by atoms with Gasteiger partial charge in [0.15, 0.2) is 0 Å². The lowest BCUT2D eigenvalue weighted by Crippen LogP contribution is -2.30. The van der Waals surface area contributed by atoms with Gasteiger partial charge in [-0.1, -0.05) is 6.07 Å². The summed E-state index contributed by atoms with van der Waals surface area (Å²) in [6, 6.07) is 2.42. The summed E-state index contributed by atoms with van der Waals surface area (Å²) in [4.78, 5) is 15.8. The van der Waals surface area contributed by atoms with Gasteiger partial charge in [0, 0.05) is 17.3 Å². The number of carbonyl (C=O) groups is 1. The topological polar surface area (TPSA) is 96.4 Å². The van der Waals surface area contributed by atoms with Crippen molar-refractivity contribution in [2.75, 3.05) is 0 Å². The number of rotatable bonds is 6. The van der Waals surface area contributed by atoms with E-state index in [4.69, 9.17) is 5.11 Å². The second-order valence-electron chi connectivity index (χ2n) is 4.86. The van der Waals surface area contributed by atoms with Gasteiger partial charge in [-0.2, -0.15) is 0 Å². The molecule has 22 heavy (non-hydrogen) atoms. The Kier molecular flexibility index (Phi) is 4.94. The van der Waals surface area contributed by atoms with Crippen molar-refractivity contribution in [2.24, 2.45) is 0 Å². The van der Waals surface area contributed by atoms with Crippen LogP contribution >= 0.6 is 11.3 Å². The summed E-state index contributed by atoms with van der Waals surface area (Å²) in [5.74, 6) is -1.09. The van der Waals surface area contributed by atoms with E-state index in [1.807, 2.05) is 0 Å². The zero-order chi connectivity index (χ0) is 16.3. The molecule has 0 radical (unpaired) electrons. The normalized spacial score (nSPS) is 13.0. The lowest BCUT2D eigenvalue weighted by atomic mass is 10.1. The molecule has 0 aromatic carbocycles. The number of hydrogen-bond acceptors (Lipinski definition) is 5. The molecule has 2 N–H and O–H groups in total. The first kappa shape index (κ1) is 16.6. The number of carboxylic acids is 1. The van der Waals surface area contributed by atoms with E-state index >= 15 is 0 Å². The predicted octanol–water partition coefficient (Wildman–Crippen LogP) is 2.25. The minimum Gasteiger partial charge on any atom is -0.481 e. The van der Waals surface area contributed by atoms with Crippen molar-refractivity contribution in [3.05, 3.63) is 45.9 Å². The number of nitrogens with zero attached hydrogens (tertiary/aromatic N) is 1. The van der Waals surface area contributed by atoms with Crippen LogP contribution in [0.3, 0.4) is 0 Å². The Morgan fingerprint density at radius 1 is 1.45 bits per heavy atom. The molecule has 0 fully saturated rings. The van der Waals surface area contributed by atoms with Gasteiger partial charge in [-0.3, -0.25) is 9.78 Å². The van der Waals surface area contributed by atoms with Crippen LogP contribution in [0, 0.1) is 13.8 Å². The zero-order valence-corrected chi connectivity index (χ0v) is 13.7. The molecule has 2 heterocycles. The van der Waals surface area contributed by atoms with Crippen LogP contribution in [-0.4, -0.2) is 24.5 Å². The number of aliphatic carboxylic acids is 1. The van der Waals surface area contributed by atoms with Crippen molar-refractivity contribution in [3.8, 4) is 0 Å². The molecule has 8 heteroatoms. The molecule has 0 saturated heterocycles. The van der Waals surface area contributed by atoms with Crippen molar-refractivity contribution in [3.63, 3.8) is 0 Å². The summed E-state index contributed by atoms with van der Waals surface area (Å²) in [7, 11) is -3.80. The van der Waals surface area contributed by atoms with Crippen LogP contribution in [-0.2, 0) is 14.8 Å². The average Bonchev–Trinajstić information content (AvgIpc) is 2.78. The Morgan fingerprint density at radius 2 is 2.18 bits per heavy atom. The van der Waals surface area contributed by atoms with Crippen LogP contribution in [0.1, 0.15) is 28.5 Å². The molecule has 0 saturated carbocycles. The molecule has 6 nitrogen and oxygen atoms in total. The number of aryl methyl sites for hydroxylation is 2. The summed E-state index contributed by atoms with van der Waals surface area (Å²) in [5.41, 5.74) is 1.16. The molecule has 0 spiro atoms.